The Hall–Kier alpha value is 0.320. The van der Waals surface area contributed by atoms with Gasteiger partial charge < -0.3 is 0 Å². The fourth-order valence-electron chi connectivity index (χ4n) is 2.39. The highest BCUT2D eigenvalue weighted by Gasteiger charge is 2.00. The Morgan fingerprint density at radius 2 is 1.04 bits per heavy atom. The molecule has 0 bridgehead atoms. The lowest BCUT2D eigenvalue weighted by atomic mass is 10.1. The maximum atomic E-state index is 2.40. The van der Waals surface area contributed by atoms with E-state index in [1.54, 1.807) is 0 Å². The summed E-state index contributed by atoms with van der Waals surface area (Å²) in [6.45, 7) is 0. The maximum absolute atomic E-state index is 2.40. The third-order valence-corrected chi connectivity index (χ3v) is 8.02. The van der Waals surface area contributed by atoms with Crippen LogP contribution in [-0.2, 0) is 0 Å². The van der Waals surface area contributed by atoms with Crippen molar-refractivity contribution in [2.45, 2.75) is 0 Å². The van der Waals surface area contributed by atoms with Gasteiger partial charge in [-0.3, -0.25) is 0 Å². The molecule has 0 atom stereocenters. The highest BCUT2D eigenvalue weighted by molar-refractivity contribution is 14.1. The van der Waals surface area contributed by atoms with Gasteiger partial charge in [0.25, 0.3) is 0 Å². The second-order valence-corrected chi connectivity index (χ2v) is 9.95. The molecule has 0 fully saturated rings. The molecule has 0 aliphatic heterocycles. The van der Waals surface area contributed by atoms with E-state index in [1.165, 1.54) is 35.8 Å². The summed E-state index contributed by atoms with van der Waals surface area (Å²) in [4.78, 5) is 0. The SMILES string of the molecule is Ic1ccc2cc(I)ccc2c1.Ic1ccc2ccccc2c1I. The van der Waals surface area contributed by atoms with Crippen molar-refractivity contribution in [2.24, 2.45) is 0 Å². The molecule has 4 aromatic rings. The molecule has 0 saturated heterocycles. The van der Waals surface area contributed by atoms with Gasteiger partial charge in [-0.05, 0) is 142 Å². The highest BCUT2D eigenvalue weighted by atomic mass is 127. The fourth-order valence-corrected chi connectivity index (χ4v) is 4.57. The summed E-state index contributed by atoms with van der Waals surface area (Å²) in [6.07, 6.45) is 0. The number of hydrogen-bond donors (Lipinski definition) is 0. The number of hydrogen-bond acceptors (Lipinski definition) is 0. The quantitative estimate of drug-likeness (QED) is 0.159. The van der Waals surface area contributed by atoms with Crippen molar-refractivity contribution in [3.63, 3.8) is 0 Å². The van der Waals surface area contributed by atoms with E-state index in [0.29, 0.717) is 0 Å². The Morgan fingerprint density at radius 3 is 1.67 bits per heavy atom. The Balaban J connectivity index is 0.000000141. The minimum atomic E-state index is 1.29. The van der Waals surface area contributed by atoms with Crippen LogP contribution in [0.3, 0.4) is 0 Å². The lowest BCUT2D eigenvalue weighted by Crippen LogP contribution is -1.81. The maximum Gasteiger partial charge on any atom is 0.0342 e. The largest absolute Gasteiger partial charge is 0.0616 e. The van der Waals surface area contributed by atoms with Crippen molar-refractivity contribution in [1.82, 2.24) is 0 Å². The van der Waals surface area contributed by atoms with Crippen LogP contribution in [0.5, 0.6) is 0 Å². The predicted molar refractivity (Wildman–Crippen MR) is 139 cm³/mol. The van der Waals surface area contributed by atoms with Gasteiger partial charge in [0.15, 0.2) is 0 Å². The van der Waals surface area contributed by atoms with Crippen LogP contribution in [0.15, 0.2) is 72.8 Å². The van der Waals surface area contributed by atoms with Gasteiger partial charge in [0.1, 0.15) is 0 Å². The molecule has 0 saturated carbocycles. The lowest BCUT2D eigenvalue weighted by Gasteiger charge is -2.01. The van der Waals surface area contributed by atoms with Crippen molar-refractivity contribution < 1.29 is 0 Å². The topological polar surface area (TPSA) is 0 Å². The molecule has 0 nitrogen and oxygen atoms in total. The van der Waals surface area contributed by atoms with E-state index in [0.717, 1.165) is 0 Å². The molecule has 120 valence electrons. The molecule has 0 N–H and O–H groups in total. The zero-order valence-corrected chi connectivity index (χ0v) is 21.1. The first kappa shape index (κ1) is 19.1. The first-order valence-electron chi connectivity index (χ1n) is 7.22. The Bertz CT molecular complexity index is 966. The molecular formula is C20H12I4. The van der Waals surface area contributed by atoms with Crippen LogP contribution < -0.4 is 0 Å². The van der Waals surface area contributed by atoms with Crippen molar-refractivity contribution in [3.8, 4) is 0 Å². The number of benzene rings is 4. The van der Waals surface area contributed by atoms with E-state index in [-0.39, 0.29) is 0 Å². The van der Waals surface area contributed by atoms with Gasteiger partial charge in [-0.2, -0.15) is 0 Å². The molecule has 0 aromatic heterocycles. The van der Waals surface area contributed by atoms with E-state index in [4.69, 9.17) is 0 Å². The number of fused-ring (bicyclic) bond motifs is 2. The van der Waals surface area contributed by atoms with Crippen molar-refractivity contribution in [1.29, 1.82) is 0 Å². The van der Waals surface area contributed by atoms with Crippen LogP contribution in [0.2, 0.25) is 0 Å². The summed E-state index contributed by atoms with van der Waals surface area (Å²) >= 11 is 9.43. The third kappa shape index (κ3) is 4.73. The van der Waals surface area contributed by atoms with Gasteiger partial charge in [-0.25, -0.2) is 0 Å². The Morgan fingerprint density at radius 1 is 0.500 bits per heavy atom. The van der Waals surface area contributed by atoms with Crippen LogP contribution >= 0.6 is 90.4 Å². The summed E-state index contributed by atoms with van der Waals surface area (Å²) < 4.78 is 5.26. The third-order valence-electron chi connectivity index (χ3n) is 3.58. The summed E-state index contributed by atoms with van der Waals surface area (Å²) in [5.74, 6) is 0. The van der Waals surface area contributed by atoms with E-state index in [2.05, 4.69) is 163 Å². The molecule has 4 heteroatoms. The molecule has 0 radical (unpaired) electrons. The van der Waals surface area contributed by atoms with Crippen molar-refractivity contribution in [3.05, 3.63) is 87.1 Å². The molecule has 0 aliphatic rings. The summed E-state index contributed by atoms with van der Waals surface area (Å²) in [6, 6.07) is 25.8. The van der Waals surface area contributed by atoms with E-state index in [9.17, 15) is 0 Å². The number of halogens is 4. The van der Waals surface area contributed by atoms with Crippen LogP contribution in [0.4, 0.5) is 0 Å². The van der Waals surface area contributed by atoms with Gasteiger partial charge in [-0.15, -0.1) is 0 Å². The molecule has 4 aromatic carbocycles. The van der Waals surface area contributed by atoms with Gasteiger partial charge in [-0.1, -0.05) is 42.5 Å². The Labute approximate surface area is 196 Å². The van der Waals surface area contributed by atoms with Crippen LogP contribution in [0.25, 0.3) is 21.5 Å². The van der Waals surface area contributed by atoms with Crippen molar-refractivity contribution in [2.75, 3.05) is 0 Å². The van der Waals surface area contributed by atoms with Crippen LogP contribution in [0, 0.1) is 14.3 Å². The molecule has 24 heavy (non-hydrogen) atoms. The molecule has 4 rings (SSSR count). The van der Waals surface area contributed by atoms with Gasteiger partial charge in [0.2, 0.25) is 0 Å². The Kier molecular flexibility index (Phi) is 7.01. The normalized spacial score (nSPS) is 10.5. The van der Waals surface area contributed by atoms with Crippen LogP contribution in [-0.4, -0.2) is 0 Å². The second-order valence-electron chi connectivity index (χ2n) is 5.22. The van der Waals surface area contributed by atoms with Gasteiger partial charge in [0.05, 0.1) is 0 Å². The molecule has 0 heterocycles. The molecule has 0 unspecified atom stereocenters. The summed E-state index contributed by atoms with van der Waals surface area (Å²) in [5, 5.41) is 5.32. The first-order valence-corrected chi connectivity index (χ1v) is 11.5. The minimum absolute atomic E-state index is 1.29. The van der Waals surface area contributed by atoms with E-state index < -0.39 is 0 Å². The zero-order valence-electron chi connectivity index (χ0n) is 12.4. The zero-order chi connectivity index (χ0) is 17.1. The summed E-state index contributed by atoms with van der Waals surface area (Å²) in [7, 11) is 0. The highest BCUT2D eigenvalue weighted by Crippen LogP contribution is 2.24. The van der Waals surface area contributed by atoms with Crippen LogP contribution in [0.1, 0.15) is 0 Å². The van der Waals surface area contributed by atoms with E-state index in [1.807, 2.05) is 0 Å². The molecular weight excluding hydrogens is 748 g/mol. The molecule has 0 aliphatic carbocycles. The van der Waals surface area contributed by atoms with Gasteiger partial charge in [0, 0.05) is 14.3 Å². The number of rotatable bonds is 0. The smallest absolute Gasteiger partial charge is 0.0342 e. The minimum Gasteiger partial charge on any atom is -0.0616 e. The molecule has 0 amide bonds. The standard InChI is InChI=1S/2C10H6I2/c11-9-3-1-7-5-10(12)4-2-8(7)6-9;11-9-6-5-7-3-1-2-4-8(7)10(9)12/h2*1-6H. The first-order chi connectivity index (χ1) is 11.5. The van der Waals surface area contributed by atoms with Crippen molar-refractivity contribution >= 4 is 112 Å². The average Bonchev–Trinajstić information content (AvgIpc) is 2.59. The average molecular weight is 760 g/mol. The second kappa shape index (κ2) is 8.81. The lowest BCUT2D eigenvalue weighted by molar-refractivity contribution is 1.64. The molecule has 0 spiro atoms. The predicted octanol–water partition coefficient (Wildman–Crippen LogP) is 8.10. The van der Waals surface area contributed by atoms with Gasteiger partial charge >= 0.3 is 0 Å². The fraction of sp³-hybridized carbons (Fsp3) is 0. The monoisotopic (exact) mass is 760 g/mol. The van der Waals surface area contributed by atoms with E-state index >= 15 is 0 Å². The summed E-state index contributed by atoms with van der Waals surface area (Å²) in [5.41, 5.74) is 0.